The van der Waals surface area contributed by atoms with Crippen LogP contribution in [-0.2, 0) is 19.3 Å². The van der Waals surface area contributed by atoms with Gasteiger partial charge in [0.05, 0.1) is 18.6 Å². The van der Waals surface area contributed by atoms with Crippen molar-refractivity contribution in [3.05, 3.63) is 30.0 Å². The highest BCUT2D eigenvalue weighted by Gasteiger charge is 2.13. The van der Waals surface area contributed by atoms with Gasteiger partial charge < -0.3 is 18.8 Å². The molecule has 3 heterocycles. The van der Waals surface area contributed by atoms with Gasteiger partial charge in [0, 0.05) is 7.05 Å². The van der Waals surface area contributed by atoms with Gasteiger partial charge in [-0.3, -0.25) is 0 Å². The summed E-state index contributed by atoms with van der Waals surface area (Å²) in [6, 6.07) is 3.55. The standard InChI is InChI=1S/C12H14N6O2S/c1-13-6-10-15-16-12(18(10)2)21-7-9-14-11(20-17-9)8-4-3-5-19-8/h3-5,13H,6-7H2,1-2H3. The molecule has 0 fully saturated rings. The third-order valence-electron chi connectivity index (χ3n) is 2.79. The molecule has 0 unspecified atom stereocenters. The summed E-state index contributed by atoms with van der Waals surface area (Å²) < 4.78 is 12.3. The lowest BCUT2D eigenvalue weighted by atomic mass is 10.4. The lowest BCUT2D eigenvalue weighted by Crippen LogP contribution is -2.10. The Morgan fingerprint density at radius 3 is 3.05 bits per heavy atom. The van der Waals surface area contributed by atoms with E-state index in [1.54, 1.807) is 18.4 Å². The number of hydrogen-bond acceptors (Lipinski definition) is 8. The second-order valence-electron chi connectivity index (χ2n) is 4.27. The fourth-order valence-electron chi connectivity index (χ4n) is 1.72. The molecule has 0 aromatic carbocycles. The van der Waals surface area contributed by atoms with Gasteiger partial charge in [0.15, 0.2) is 16.7 Å². The van der Waals surface area contributed by atoms with E-state index in [2.05, 4.69) is 25.7 Å². The van der Waals surface area contributed by atoms with Crippen molar-refractivity contribution < 1.29 is 8.94 Å². The number of thioether (sulfide) groups is 1. The maximum Gasteiger partial charge on any atom is 0.293 e. The Balaban J connectivity index is 1.65. The minimum absolute atomic E-state index is 0.379. The van der Waals surface area contributed by atoms with Crippen LogP contribution in [0.15, 0.2) is 32.5 Å². The minimum atomic E-state index is 0.379. The van der Waals surface area contributed by atoms with Crippen molar-refractivity contribution in [3.63, 3.8) is 0 Å². The molecule has 0 saturated heterocycles. The van der Waals surface area contributed by atoms with Crippen LogP contribution >= 0.6 is 11.8 Å². The third-order valence-corrected chi connectivity index (χ3v) is 3.81. The lowest BCUT2D eigenvalue weighted by Gasteiger charge is -2.01. The fourth-order valence-corrected chi connectivity index (χ4v) is 2.50. The average molecular weight is 306 g/mol. The number of hydrogen-bond donors (Lipinski definition) is 1. The van der Waals surface area contributed by atoms with Gasteiger partial charge in [-0.25, -0.2) is 0 Å². The van der Waals surface area contributed by atoms with Crippen LogP contribution in [0.1, 0.15) is 11.6 Å². The SMILES string of the molecule is CNCc1nnc(SCc2noc(-c3ccco3)n2)n1C. The zero-order valence-electron chi connectivity index (χ0n) is 11.6. The summed E-state index contributed by atoms with van der Waals surface area (Å²) in [4.78, 5) is 4.28. The van der Waals surface area contributed by atoms with E-state index < -0.39 is 0 Å². The van der Waals surface area contributed by atoms with Crippen LogP contribution in [0.25, 0.3) is 11.7 Å². The van der Waals surface area contributed by atoms with E-state index in [0.29, 0.717) is 29.8 Å². The third kappa shape index (κ3) is 2.98. The van der Waals surface area contributed by atoms with E-state index in [4.69, 9.17) is 8.94 Å². The Morgan fingerprint density at radius 2 is 2.29 bits per heavy atom. The van der Waals surface area contributed by atoms with Gasteiger partial charge >= 0.3 is 0 Å². The first-order chi connectivity index (χ1) is 10.3. The van der Waals surface area contributed by atoms with Crippen molar-refractivity contribution in [2.75, 3.05) is 7.05 Å². The molecule has 0 atom stereocenters. The molecule has 0 amide bonds. The molecule has 1 N–H and O–H groups in total. The van der Waals surface area contributed by atoms with Gasteiger partial charge in [0.1, 0.15) is 5.82 Å². The highest BCUT2D eigenvalue weighted by Crippen LogP contribution is 2.22. The summed E-state index contributed by atoms with van der Waals surface area (Å²) in [5.41, 5.74) is 0. The molecule has 0 saturated carbocycles. The highest BCUT2D eigenvalue weighted by molar-refractivity contribution is 7.98. The van der Waals surface area contributed by atoms with Crippen LogP contribution in [0.4, 0.5) is 0 Å². The van der Waals surface area contributed by atoms with Crippen LogP contribution in [0.3, 0.4) is 0 Å². The van der Waals surface area contributed by atoms with Crippen molar-refractivity contribution >= 4 is 11.8 Å². The Bertz CT molecular complexity index is 705. The molecule has 0 aliphatic carbocycles. The molecule has 0 spiro atoms. The van der Waals surface area contributed by atoms with Crippen molar-refractivity contribution in [3.8, 4) is 11.7 Å². The summed E-state index contributed by atoms with van der Waals surface area (Å²) in [6.45, 7) is 0.676. The maximum atomic E-state index is 5.21. The first-order valence-corrected chi connectivity index (χ1v) is 7.28. The quantitative estimate of drug-likeness (QED) is 0.684. The molecule has 8 nitrogen and oxygen atoms in total. The Hall–Kier alpha value is -2.13. The van der Waals surface area contributed by atoms with Crippen molar-refractivity contribution in [1.82, 2.24) is 30.2 Å². The van der Waals surface area contributed by atoms with Crippen molar-refractivity contribution in [2.45, 2.75) is 17.5 Å². The van der Waals surface area contributed by atoms with E-state index in [9.17, 15) is 0 Å². The topological polar surface area (TPSA) is 94.8 Å². The molecule has 0 aliphatic heterocycles. The summed E-state index contributed by atoms with van der Waals surface area (Å²) in [5.74, 6) is 2.96. The van der Waals surface area contributed by atoms with Gasteiger partial charge in [-0.15, -0.1) is 10.2 Å². The summed E-state index contributed by atoms with van der Waals surface area (Å²) in [5, 5.41) is 16.0. The molecule has 0 radical (unpaired) electrons. The number of furan rings is 1. The molecule has 9 heteroatoms. The molecular weight excluding hydrogens is 292 g/mol. The van der Waals surface area contributed by atoms with Gasteiger partial charge in [-0.05, 0) is 19.2 Å². The monoisotopic (exact) mass is 306 g/mol. The lowest BCUT2D eigenvalue weighted by molar-refractivity contribution is 0.411. The molecular formula is C12H14N6O2S. The average Bonchev–Trinajstić information content (AvgIpc) is 3.19. The van der Waals surface area contributed by atoms with Crippen molar-refractivity contribution in [1.29, 1.82) is 0 Å². The zero-order valence-corrected chi connectivity index (χ0v) is 12.4. The minimum Gasteiger partial charge on any atom is -0.459 e. The van der Waals surface area contributed by atoms with Crippen LogP contribution in [0, 0.1) is 0 Å². The van der Waals surface area contributed by atoms with E-state index in [-0.39, 0.29) is 0 Å². The smallest absolute Gasteiger partial charge is 0.293 e. The second-order valence-corrected chi connectivity index (χ2v) is 5.21. The summed E-state index contributed by atoms with van der Waals surface area (Å²) in [7, 11) is 3.80. The van der Waals surface area contributed by atoms with Gasteiger partial charge in [-0.2, -0.15) is 4.98 Å². The molecule has 110 valence electrons. The Labute approximate surface area is 124 Å². The normalized spacial score (nSPS) is 11.1. The van der Waals surface area contributed by atoms with Crippen molar-refractivity contribution in [2.24, 2.45) is 7.05 Å². The molecule has 3 aromatic heterocycles. The van der Waals surface area contributed by atoms with Crippen LogP contribution in [-0.4, -0.2) is 32.0 Å². The molecule has 21 heavy (non-hydrogen) atoms. The maximum absolute atomic E-state index is 5.21. The number of aromatic nitrogens is 5. The van der Waals surface area contributed by atoms with Gasteiger partial charge in [0.25, 0.3) is 5.89 Å². The summed E-state index contributed by atoms with van der Waals surface area (Å²) in [6.07, 6.45) is 1.57. The molecule has 0 bridgehead atoms. The van der Waals surface area contributed by atoms with E-state index in [1.165, 1.54) is 11.8 Å². The van der Waals surface area contributed by atoms with Crippen LogP contribution in [0.2, 0.25) is 0 Å². The molecule has 3 aromatic rings. The van der Waals surface area contributed by atoms with Crippen LogP contribution in [0.5, 0.6) is 0 Å². The Kier molecular flexibility index (Phi) is 4.02. The molecule has 0 aliphatic rings. The number of nitrogens with one attached hydrogen (secondary N) is 1. The zero-order chi connectivity index (χ0) is 14.7. The molecule has 3 rings (SSSR count). The Morgan fingerprint density at radius 1 is 1.38 bits per heavy atom. The first kappa shape index (κ1) is 13.8. The second kappa shape index (κ2) is 6.10. The van der Waals surface area contributed by atoms with Gasteiger partial charge in [-0.1, -0.05) is 16.9 Å². The largest absolute Gasteiger partial charge is 0.459 e. The van der Waals surface area contributed by atoms with Gasteiger partial charge in [0.2, 0.25) is 0 Å². The van der Waals surface area contributed by atoms with E-state index >= 15 is 0 Å². The number of rotatable bonds is 6. The predicted molar refractivity (Wildman–Crippen MR) is 75.3 cm³/mol. The summed E-state index contributed by atoms with van der Waals surface area (Å²) >= 11 is 1.50. The van der Waals surface area contributed by atoms with E-state index in [1.807, 2.05) is 18.7 Å². The fraction of sp³-hybridized carbons (Fsp3) is 0.333. The van der Waals surface area contributed by atoms with Crippen LogP contribution < -0.4 is 5.32 Å². The van der Waals surface area contributed by atoms with E-state index in [0.717, 1.165) is 11.0 Å². The number of nitrogens with zero attached hydrogens (tertiary/aromatic N) is 5. The first-order valence-electron chi connectivity index (χ1n) is 6.30. The highest BCUT2D eigenvalue weighted by atomic mass is 32.2. The predicted octanol–water partition coefficient (Wildman–Crippen LogP) is 1.47.